The third kappa shape index (κ3) is 1.75. The van der Waals surface area contributed by atoms with Crippen LogP contribution in [0.1, 0.15) is 33.6 Å². The Kier molecular flexibility index (Phi) is 2.37. The molecule has 2 fully saturated rings. The van der Waals surface area contributed by atoms with E-state index in [1.807, 2.05) is 0 Å². The minimum Gasteiger partial charge on any atom is -0.352 e. The predicted molar refractivity (Wildman–Crippen MR) is 51.4 cm³/mol. The summed E-state index contributed by atoms with van der Waals surface area (Å²) in [6.07, 6.45) is 2.60. The van der Waals surface area contributed by atoms with Gasteiger partial charge in [0.1, 0.15) is 0 Å². The molecule has 2 heterocycles. The van der Waals surface area contributed by atoms with Gasteiger partial charge >= 0.3 is 0 Å². The lowest BCUT2D eigenvalue weighted by Gasteiger charge is -2.34. The summed E-state index contributed by atoms with van der Waals surface area (Å²) in [7, 11) is 0. The van der Waals surface area contributed by atoms with Crippen molar-refractivity contribution in [3.05, 3.63) is 0 Å². The van der Waals surface area contributed by atoms with Crippen molar-refractivity contribution in [3.8, 4) is 0 Å². The van der Waals surface area contributed by atoms with Gasteiger partial charge in [0.15, 0.2) is 6.29 Å². The molecule has 2 rings (SSSR count). The fraction of sp³-hybridized carbons (Fsp3) is 1.00. The molecule has 0 N–H and O–H groups in total. The number of hydrogen-bond acceptors (Lipinski definition) is 2. The number of ether oxygens (including phenoxy) is 2. The first-order valence-corrected chi connectivity index (χ1v) is 5.32. The van der Waals surface area contributed by atoms with Gasteiger partial charge in [0.25, 0.3) is 0 Å². The SMILES string of the molecule is CC(C)(C)C1COC2OCCCC21. The Labute approximate surface area is 80.6 Å². The summed E-state index contributed by atoms with van der Waals surface area (Å²) in [5, 5.41) is 0. The average Bonchev–Trinajstić information content (AvgIpc) is 2.45. The van der Waals surface area contributed by atoms with Crippen molar-refractivity contribution in [1.29, 1.82) is 0 Å². The van der Waals surface area contributed by atoms with Crippen LogP contribution in [0.4, 0.5) is 0 Å². The lowest BCUT2D eigenvalue weighted by Crippen LogP contribution is -2.33. The van der Waals surface area contributed by atoms with Crippen molar-refractivity contribution in [2.75, 3.05) is 13.2 Å². The first-order chi connectivity index (χ1) is 6.09. The van der Waals surface area contributed by atoms with Crippen LogP contribution in [0.5, 0.6) is 0 Å². The normalized spacial score (nSPS) is 40.4. The van der Waals surface area contributed by atoms with Gasteiger partial charge in [0.05, 0.1) is 6.61 Å². The van der Waals surface area contributed by atoms with Crippen LogP contribution < -0.4 is 0 Å². The smallest absolute Gasteiger partial charge is 0.160 e. The maximum atomic E-state index is 5.67. The molecule has 76 valence electrons. The highest BCUT2D eigenvalue weighted by Gasteiger charge is 2.44. The Morgan fingerprint density at radius 1 is 1.15 bits per heavy atom. The predicted octanol–water partition coefficient (Wildman–Crippen LogP) is 2.43. The van der Waals surface area contributed by atoms with E-state index < -0.39 is 0 Å². The highest BCUT2D eigenvalue weighted by atomic mass is 16.7. The molecule has 0 aliphatic carbocycles. The third-order valence-electron chi connectivity index (χ3n) is 3.38. The Balaban J connectivity index is 2.07. The van der Waals surface area contributed by atoms with E-state index in [-0.39, 0.29) is 6.29 Å². The summed E-state index contributed by atoms with van der Waals surface area (Å²) in [6.45, 7) is 8.69. The van der Waals surface area contributed by atoms with E-state index in [4.69, 9.17) is 9.47 Å². The molecule has 2 aliphatic rings. The van der Waals surface area contributed by atoms with Gasteiger partial charge in [0.2, 0.25) is 0 Å². The summed E-state index contributed by atoms with van der Waals surface area (Å²) in [4.78, 5) is 0. The molecule has 0 aromatic rings. The van der Waals surface area contributed by atoms with E-state index in [1.54, 1.807) is 0 Å². The lowest BCUT2D eigenvalue weighted by molar-refractivity contribution is -0.152. The zero-order valence-electron chi connectivity index (χ0n) is 8.88. The largest absolute Gasteiger partial charge is 0.352 e. The second kappa shape index (κ2) is 3.25. The maximum absolute atomic E-state index is 5.67. The molecule has 3 atom stereocenters. The number of fused-ring (bicyclic) bond motifs is 1. The Hall–Kier alpha value is -0.0800. The van der Waals surface area contributed by atoms with Crippen LogP contribution >= 0.6 is 0 Å². The van der Waals surface area contributed by atoms with Crippen molar-refractivity contribution in [2.45, 2.75) is 39.9 Å². The molecule has 0 aromatic heterocycles. The first kappa shape index (κ1) is 9.47. The molecule has 2 heteroatoms. The van der Waals surface area contributed by atoms with Gasteiger partial charge in [-0.1, -0.05) is 20.8 Å². The van der Waals surface area contributed by atoms with Crippen LogP contribution in [0.25, 0.3) is 0 Å². The average molecular weight is 184 g/mol. The van der Waals surface area contributed by atoms with E-state index in [0.29, 0.717) is 17.3 Å². The topological polar surface area (TPSA) is 18.5 Å². The van der Waals surface area contributed by atoms with Gasteiger partial charge in [-0.05, 0) is 24.2 Å². The molecule has 0 aromatic carbocycles. The molecule has 2 saturated heterocycles. The summed E-state index contributed by atoms with van der Waals surface area (Å²) in [5.41, 5.74) is 0.361. The quantitative estimate of drug-likeness (QED) is 0.575. The Bertz CT molecular complexity index is 183. The first-order valence-electron chi connectivity index (χ1n) is 5.32. The van der Waals surface area contributed by atoms with Gasteiger partial charge in [0, 0.05) is 12.5 Å². The van der Waals surface area contributed by atoms with Crippen molar-refractivity contribution in [2.24, 2.45) is 17.3 Å². The molecule has 0 bridgehead atoms. The van der Waals surface area contributed by atoms with Gasteiger partial charge in [-0.3, -0.25) is 0 Å². The molecule has 2 aliphatic heterocycles. The molecule has 3 unspecified atom stereocenters. The summed E-state index contributed by atoms with van der Waals surface area (Å²) >= 11 is 0. The molecule has 13 heavy (non-hydrogen) atoms. The van der Waals surface area contributed by atoms with Crippen molar-refractivity contribution in [3.63, 3.8) is 0 Å². The van der Waals surface area contributed by atoms with E-state index >= 15 is 0 Å². The van der Waals surface area contributed by atoms with E-state index in [2.05, 4.69) is 20.8 Å². The number of rotatable bonds is 0. The summed E-state index contributed by atoms with van der Waals surface area (Å²) < 4.78 is 11.3. The summed E-state index contributed by atoms with van der Waals surface area (Å²) in [6, 6.07) is 0. The molecular formula is C11H20O2. The van der Waals surface area contributed by atoms with Gasteiger partial charge in [-0.2, -0.15) is 0 Å². The van der Waals surface area contributed by atoms with Crippen LogP contribution in [0, 0.1) is 17.3 Å². The van der Waals surface area contributed by atoms with E-state index in [1.165, 1.54) is 12.8 Å². The minimum atomic E-state index is 0.109. The minimum absolute atomic E-state index is 0.109. The fourth-order valence-corrected chi connectivity index (χ4v) is 2.56. The maximum Gasteiger partial charge on any atom is 0.160 e. The van der Waals surface area contributed by atoms with E-state index in [0.717, 1.165) is 13.2 Å². The highest BCUT2D eigenvalue weighted by molar-refractivity contribution is 4.88. The van der Waals surface area contributed by atoms with Crippen LogP contribution in [-0.2, 0) is 9.47 Å². The van der Waals surface area contributed by atoms with Crippen LogP contribution in [-0.4, -0.2) is 19.5 Å². The highest BCUT2D eigenvalue weighted by Crippen LogP contribution is 2.43. The van der Waals surface area contributed by atoms with Crippen molar-refractivity contribution >= 4 is 0 Å². The molecule has 0 spiro atoms. The molecule has 2 nitrogen and oxygen atoms in total. The van der Waals surface area contributed by atoms with Crippen LogP contribution in [0.2, 0.25) is 0 Å². The second-order valence-corrected chi connectivity index (χ2v) is 5.35. The fourth-order valence-electron chi connectivity index (χ4n) is 2.56. The number of hydrogen-bond donors (Lipinski definition) is 0. The van der Waals surface area contributed by atoms with Gasteiger partial charge < -0.3 is 9.47 Å². The third-order valence-corrected chi connectivity index (χ3v) is 3.38. The van der Waals surface area contributed by atoms with Crippen molar-refractivity contribution < 1.29 is 9.47 Å². The second-order valence-electron chi connectivity index (χ2n) is 5.35. The van der Waals surface area contributed by atoms with E-state index in [9.17, 15) is 0 Å². The van der Waals surface area contributed by atoms with Crippen LogP contribution in [0.3, 0.4) is 0 Å². The van der Waals surface area contributed by atoms with Gasteiger partial charge in [-0.25, -0.2) is 0 Å². The zero-order chi connectivity index (χ0) is 9.47. The van der Waals surface area contributed by atoms with Gasteiger partial charge in [-0.15, -0.1) is 0 Å². The summed E-state index contributed by atoms with van der Waals surface area (Å²) in [5.74, 6) is 1.33. The molecule has 0 radical (unpaired) electrons. The monoisotopic (exact) mass is 184 g/mol. The molecule has 0 saturated carbocycles. The van der Waals surface area contributed by atoms with Crippen molar-refractivity contribution in [1.82, 2.24) is 0 Å². The van der Waals surface area contributed by atoms with Crippen LogP contribution in [0.15, 0.2) is 0 Å². The molecule has 0 amide bonds. The molecular weight excluding hydrogens is 164 g/mol. The lowest BCUT2D eigenvalue weighted by atomic mass is 9.73. The standard InChI is InChI=1S/C11H20O2/c1-11(2,3)9-7-13-10-8(9)5-4-6-12-10/h8-10H,4-7H2,1-3H3. The zero-order valence-corrected chi connectivity index (χ0v) is 8.88. The Morgan fingerprint density at radius 3 is 2.62 bits per heavy atom. The Morgan fingerprint density at radius 2 is 1.92 bits per heavy atom.